The predicted octanol–water partition coefficient (Wildman–Crippen LogP) is 2.21. The van der Waals surface area contributed by atoms with Crippen molar-refractivity contribution in [3.8, 4) is 6.01 Å². The summed E-state index contributed by atoms with van der Waals surface area (Å²) in [6.07, 6.45) is 0. The molecule has 1 heterocycles. The Kier molecular flexibility index (Phi) is 4.57. The maximum absolute atomic E-state index is 6.16. The van der Waals surface area contributed by atoms with Crippen molar-refractivity contribution in [2.75, 3.05) is 31.4 Å². The van der Waals surface area contributed by atoms with Crippen LogP contribution in [0.5, 0.6) is 6.01 Å². The smallest absolute Gasteiger partial charge is 0.322 e. The van der Waals surface area contributed by atoms with Gasteiger partial charge >= 0.3 is 6.01 Å². The predicted molar refractivity (Wildman–Crippen MR) is 79.5 cm³/mol. The third-order valence-electron chi connectivity index (χ3n) is 2.72. The maximum atomic E-state index is 6.16. The standard InChI is InChI=1S/C13H16ClN5O/c1-15-11-16-12(18-13(17-11)20-3)19(2)8-9-6-4-5-7-10(9)14/h4-7H,8H2,1-3H3,(H,15,16,17,18). The fraction of sp³-hybridized carbons (Fsp3) is 0.308. The van der Waals surface area contributed by atoms with E-state index in [4.69, 9.17) is 16.3 Å². The summed E-state index contributed by atoms with van der Waals surface area (Å²) < 4.78 is 5.07. The number of anilines is 2. The van der Waals surface area contributed by atoms with Crippen LogP contribution in [0.25, 0.3) is 0 Å². The van der Waals surface area contributed by atoms with Crippen molar-refractivity contribution in [1.82, 2.24) is 15.0 Å². The van der Waals surface area contributed by atoms with Crippen LogP contribution in [-0.4, -0.2) is 36.2 Å². The van der Waals surface area contributed by atoms with E-state index in [0.29, 0.717) is 23.5 Å². The van der Waals surface area contributed by atoms with Gasteiger partial charge in [-0.05, 0) is 11.6 Å². The SMILES string of the molecule is CNc1nc(OC)nc(N(C)Cc2ccccc2Cl)n1. The molecule has 0 spiro atoms. The molecule has 0 fully saturated rings. The molecule has 0 amide bonds. The van der Waals surface area contributed by atoms with Crippen LogP contribution in [0, 0.1) is 0 Å². The Morgan fingerprint density at radius 3 is 2.65 bits per heavy atom. The molecule has 0 aliphatic carbocycles. The second-order valence-electron chi connectivity index (χ2n) is 4.14. The summed E-state index contributed by atoms with van der Waals surface area (Å²) in [5.41, 5.74) is 1.00. The first-order valence-corrected chi connectivity index (χ1v) is 6.44. The van der Waals surface area contributed by atoms with Crippen molar-refractivity contribution >= 4 is 23.5 Å². The maximum Gasteiger partial charge on any atom is 0.322 e. The van der Waals surface area contributed by atoms with Crippen LogP contribution in [-0.2, 0) is 6.54 Å². The van der Waals surface area contributed by atoms with E-state index in [-0.39, 0.29) is 6.01 Å². The Morgan fingerprint density at radius 2 is 2.00 bits per heavy atom. The van der Waals surface area contributed by atoms with Crippen molar-refractivity contribution in [2.45, 2.75) is 6.54 Å². The van der Waals surface area contributed by atoms with Gasteiger partial charge in [0.25, 0.3) is 0 Å². The second kappa shape index (κ2) is 6.38. The minimum absolute atomic E-state index is 0.269. The first-order chi connectivity index (χ1) is 9.63. The molecule has 7 heteroatoms. The second-order valence-corrected chi connectivity index (χ2v) is 4.55. The molecule has 1 aromatic carbocycles. The summed E-state index contributed by atoms with van der Waals surface area (Å²) in [5, 5.41) is 3.59. The molecule has 0 bridgehead atoms. The number of hydrogen-bond donors (Lipinski definition) is 1. The van der Waals surface area contributed by atoms with Gasteiger partial charge in [-0.1, -0.05) is 29.8 Å². The number of nitrogens with one attached hydrogen (secondary N) is 1. The molecular formula is C13H16ClN5O. The van der Waals surface area contributed by atoms with Crippen LogP contribution in [0.2, 0.25) is 5.02 Å². The lowest BCUT2D eigenvalue weighted by atomic mass is 10.2. The molecule has 0 aliphatic rings. The van der Waals surface area contributed by atoms with Crippen molar-refractivity contribution in [2.24, 2.45) is 0 Å². The molecule has 0 saturated heterocycles. The van der Waals surface area contributed by atoms with E-state index in [0.717, 1.165) is 5.56 Å². The van der Waals surface area contributed by atoms with Crippen LogP contribution < -0.4 is 15.0 Å². The van der Waals surface area contributed by atoms with Gasteiger partial charge in [0.15, 0.2) is 0 Å². The summed E-state index contributed by atoms with van der Waals surface area (Å²) >= 11 is 6.16. The molecule has 1 aromatic heterocycles. The van der Waals surface area contributed by atoms with Gasteiger partial charge in [-0.25, -0.2) is 0 Å². The molecule has 0 radical (unpaired) electrons. The minimum atomic E-state index is 0.269. The zero-order valence-electron chi connectivity index (χ0n) is 11.6. The summed E-state index contributed by atoms with van der Waals surface area (Å²) in [7, 11) is 5.15. The lowest BCUT2D eigenvalue weighted by molar-refractivity contribution is 0.379. The number of aromatic nitrogens is 3. The average Bonchev–Trinajstić information content (AvgIpc) is 2.48. The van der Waals surface area contributed by atoms with Gasteiger partial charge < -0.3 is 15.0 Å². The number of nitrogens with zero attached hydrogens (tertiary/aromatic N) is 4. The van der Waals surface area contributed by atoms with E-state index < -0.39 is 0 Å². The number of rotatable bonds is 5. The third kappa shape index (κ3) is 3.27. The highest BCUT2D eigenvalue weighted by Gasteiger charge is 2.11. The average molecular weight is 294 g/mol. The van der Waals surface area contributed by atoms with Gasteiger partial charge in [-0.15, -0.1) is 0 Å². The molecule has 0 atom stereocenters. The first-order valence-electron chi connectivity index (χ1n) is 6.06. The van der Waals surface area contributed by atoms with Crippen LogP contribution in [0.3, 0.4) is 0 Å². The number of hydrogen-bond acceptors (Lipinski definition) is 6. The molecule has 2 rings (SSSR count). The van der Waals surface area contributed by atoms with E-state index in [1.165, 1.54) is 7.11 Å². The Bertz CT molecular complexity index is 570. The summed E-state index contributed by atoms with van der Waals surface area (Å²) in [5.74, 6) is 0.971. The first kappa shape index (κ1) is 14.3. The van der Waals surface area contributed by atoms with Crippen LogP contribution in [0.1, 0.15) is 5.56 Å². The van der Waals surface area contributed by atoms with Gasteiger partial charge in [0.1, 0.15) is 0 Å². The Labute approximate surface area is 122 Å². The van der Waals surface area contributed by atoms with E-state index in [1.807, 2.05) is 36.2 Å². The highest BCUT2D eigenvalue weighted by atomic mass is 35.5. The number of benzene rings is 1. The van der Waals surface area contributed by atoms with E-state index in [2.05, 4.69) is 20.3 Å². The topological polar surface area (TPSA) is 63.2 Å². The summed E-state index contributed by atoms with van der Waals surface area (Å²) in [4.78, 5) is 14.5. The molecule has 2 aromatic rings. The molecule has 0 saturated carbocycles. The Morgan fingerprint density at radius 1 is 1.25 bits per heavy atom. The largest absolute Gasteiger partial charge is 0.467 e. The fourth-order valence-corrected chi connectivity index (χ4v) is 1.87. The molecule has 6 nitrogen and oxygen atoms in total. The van der Waals surface area contributed by atoms with E-state index in [1.54, 1.807) is 7.05 Å². The Balaban J connectivity index is 2.24. The zero-order chi connectivity index (χ0) is 14.5. The van der Waals surface area contributed by atoms with Gasteiger partial charge in [0, 0.05) is 25.7 Å². The number of methoxy groups -OCH3 is 1. The molecule has 0 aliphatic heterocycles. The van der Waals surface area contributed by atoms with Crippen molar-refractivity contribution in [3.63, 3.8) is 0 Å². The Hall–Kier alpha value is -2.08. The molecule has 20 heavy (non-hydrogen) atoms. The quantitative estimate of drug-likeness (QED) is 0.912. The van der Waals surface area contributed by atoms with Crippen LogP contribution >= 0.6 is 11.6 Å². The zero-order valence-corrected chi connectivity index (χ0v) is 12.3. The lowest BCUT2D eigenvalue weighted by Gasteiger charge is -2.18. The van der Waals surface area contributed by atoms with Crippen molar-refractivity contribution < 1.29 is 4.74 Å². The number of halogens is 1. The fourth-order valence-electron chi connectivity index (χ4n) is 1.67. The highest BCUT2D eigenvalue weighted by Crippen LogP contribution is 2.20. The lowest BCUT2D eigenvalue weighted by Crippen LogP contribution is -2.20. The molecule has 106 valence electrons. The molecular weight excluding hydrogens is 278 g/mol. The molecule has 1 N–H and O–H groups in total. The van der Waals surface area contributed by atoms with Gasteiger partial charge in [-0.3, -0.25) is 0 Å². The normalized spacial score (nSPS) is 10.2. The monoisotopic (exact) mass is 293 g/mol. The minimum Gasteiger partial charge on any atom is -0.467 e. The third-order valence-corrected chi connectivity index (χ3v) is 3.08. The van der Waals surface area contributed by atoms with Gasteiger partial charge in [-0.2, -0.15) is 15.0 Å². The number of ether oxygens (including phenoxy) is 1. The highest BCUT2D eigenvalue weighted by molar-refractivity contribution is 6.31. The summed E-state index contributed by atoms with van der Waals surface area (Å²) in [6, 6.07) is 7.94. The van der Waals surface area contributed by atoms with Crippen LogP contribution in [0.15, 0.2) is 24.3 Å². The van der Waals surface area contributed by atoms with Crippen LogP contribution in [0.4, 0.5) is 11.9 Å². The van der Waals surface area contributed by atoms with E-state index in [9.17, 15) is 0 Å². The van der Waals surface area contributed by atoms with Crippen molar-refractivity contribution in [3.05, 3.63) is 34.9 Å². The van der Waals surface area contributed by atoms with Crippen molar-refractivity contribution in [1.29, 1.82) is 0 Å². The summed E-state index contributed by atoms with van der Waals surface area (Å²) in [6.45, 7) is 0.593. The van der Waals surface area contributed by atoms with E-state index >= 15 is 0 Å². The molecule has 0 unspecified atom stereocenters. The van der Waals surface area contributed by atoms with Gasteiger partial charge in [0.05, 0.1) is 7.11 Å². The van der Waals surface area contributed by atoms with Gasteiger partial charge in [0.2, 0.25) is 11.9 Å².